The first-order chi connectivity index (χ1) is 27.6. The fourth-order valence-corrected chi connectivity index (χ4v) is 6.00. The van der Waals surface area contributed by atoms with E-state index in [9.17, 15) is 0 Å². The minimum absolute atomic E-state index is 0.335. The maximum Gasteiger partial charge on any atom is 0.494 e. The van der Waals surface area contributed by atoms with Gasteiger partial charge in [0.1, 0.15) is 23.9 Å². The molecule has 2 N–H and O–H groups in total. The van der Waals surface area contributed by atoms with Crippen LogP contribution in [0.25, 0.3) is 22.0 Å². The van der Waals surface area contributed by atoms with E-state index < -0.39 is 18.3 Å². The monoisotopic (exact) mass is 791 g/mol. The van der Waals surface area contributed by atoms with Gasteiger partial charge in [-0.05, 0) is 63.0 Å². The van der Waals surface area contributed by atoms with Gasteiger partial charge in [-0.15, -0.1) is 0 Å². The second-order valence-electron chi connectivity index (χ2n) is 14.4. The number of methoxy groups -OCH3 is 3. The van der Waals surface area contributed by atoms with Crippen LogP contribution < -0.4 is 25.4 Å². The zero-order chi connectivity index (χ0) is 40.7. The highest BCUT2D eigenvalue weighted by Crippen LogP contribution is 2.38. The predicted octanol–water partition coefficient (Wildman–Crippen LogP) is 4.89. The Bertz CT molecular complexity index is 1850. The van der Waals surface area contributed by atoms with Crippen molar-refractivity contribution in [2.24, 2.45) is 0 Å². The van der Waals surface area contributed by atoms with Gasteiger partial charge in [-0.1, -0.05) is 24.3 Å². The molecule has 1 aromatic heterocycles. The molecule has 4 aromatic rings. The van der Waals surface area contributed by atoms with Gasteiger partial charge < -0.3 is 57.7 Å². The number of nitrogens with two attached hydrogens (primary N) is 1. The molecule has 0 saturated carbocycles. The van der Waals surface area contributed by atoms with Gasteiger partial charge in [0, 0.05) is 36.1 Å². The van der Waals surface area contributed by atoms with E-state index in [1.165, 1.54) is 0 Å². The number of rotatable bonds is 25. The number of anilines is 1. The minimum atomic E-state index is -0.547. The van der Waals surface area contributed by atoms with Crippen LogP contribution in [0.4, 0.5) is 5.69 Å². The Morgan fingerprint density at radius 3 is 1.79 bits per heavy atom. The van der Waals surface area contributed by atoms with Crippen molar-refractivity contribution in [2.45, 2.75) is 45.3 Å². The third-order valence-corrected chi connectivity index (χ3v) is 9.97. The van der Waals surface area contributed by atoms with Crippen molar-refractivity contribution in [1.82, 2.24) is 10.2 Å². The summed E-state index contributed by atoms with van der Waals surface area (Å²) in [5, 5.41) is 9.93. The molecule has 0 spiro atoms. The molecule has 0 bridgehead atoms. The third-order valence-electron chi connectivity index (χ3n) is 9.97. The smallest absolute Gasteiger partial charge is 0.494 e. The van der Waals surface area contributed by atoms with Crippen molar-refractivity contribution in [2.75, 3.05) is 106 Å². The summed E-state index contributed by atoms with van der Waals surface area (Å²) in [5.74, 6) is 2.07. The third kappa shape index (κ3) is 12.2. The number of fused-ring (bicyclic) bond motifs is 1. The van der Waals surface area contributed by atoms with Crippen molar-refractivity contribution in [3.63, 3.8) is 0 Å². The van der Waals surface area contributed by atoms with Crippen LogP contribution in [-0.4, -0.2) is 129 Å². The number of ether oxygens (including phenoxy) is 9. The number of nitrogens with zero attached hydrogens (tertiary/aromatic N) is 2. The minimum Gasteiger partial charge on any atom is -0.497 e. The lowest BCUT2D eigenvalue weighted by molar-refractivity contribution is -0.0159. The molecule has 1 saturated heterocycles. The van der Waals surface area contributed by atoms with E-state index >= 15 is 0 Å². The molecule has 57 heavy (non-hydrogen) atoms. The zero-order valence-corrected chi connectivity index (χ0v) is 34.4. The summed E-state index contributed by atoms with van der Waals surface area (Å²) < 4.78 is 62.7. The van der Waals surface area contributed by atoms with Crippen LogP contribution in [0.3, 0.4) is 0 Å². The number of aromatic nitrogens is 2. The zero-order valence-electron chi connectivity index (χ0n) is 34.4. The van der Waals surface area contributed by atoms with E-state index in [4.69, 9.17) is 57.7 Å². The predicted molar refractivity (Wildman–Crippen MR) is 219 cm³/mol. The second kappa shape index (κ2) is 21.6. The molecule has 1 fully saturated rings. The highest BCUT2D eigenvalue weighted by Gasteiger charge is 2.51. The topological polar surface area (TPSA) is 153 Å². The summed E-state index contributed by atoms with van der Waals surface area (Å²) in [6.45, 7) is 13.9. The van der Waals surface area contributed by atoms with E-state index in [-0.39, 0.29) is 0 Å². The first kappa shape index (κ1) is 44.1. The molecule has 1 aliphatic heterocycles. The highest BCUT2D eigenvalue weighted by molar-refractivity contribution is 6.62. The van der Waals surface area contributed by atoms with E-state index in [1.54, 1.807) is 21.3 Å². The fourth-order valence-electron chi connectivity index (χ4n) is 6.00. The molecule has 0 amide bonds. The number of benzene rings is 3. The van der Waals surface area contributed by atoms with Crippen LogP contribution in [0.15, 0.2) is 54.6 Å². The fraction of sp³-hybridized carbons (Fsp3) is 0.524. The Labute approximate surface area is 336 Å². The molecule has 310 valence electrons. The van der Waals surface area contributed by atoms with Gasteiger partial charge in [0.25, 0.3) is 0 Å². The van der Waals surface area contributed by atoms with Crippen molar-refractivity contribution < 1.29 is 51.9 Å². The maximum absolute atomic E-state index is 6.71. The molecule has 14 nitrogen and oxygen atoms in total. The van der Waals surface area contributed by atoms with Gasteiger partial charge >= 0.3 is 7.12 Å². The molecule has 15 heteroatoms. The number of hydrogen-bond acceptors (Lipinski definition) is 14. The van der Waals surface area contributed by atoms with Gasteiger partial charge in [0.05, 0.1) is 115 Å². The van der Waals surface area contributed by atoms with Crippen LogP contribution in [0, 0.1) is 0 Å². The Kier molecular flexibility index (Phi) is 16.7. The summed E-state index contributed by atoms with van der Waals surface area (Å²) in [7, 11) is 4.35. The van der Waals surface area contributed by atoms with Crippen LogP contribution in [0.5, 0.6) is 17.2 Å². The lowest BCUT2D eigenvalue weighted by atomic mass is 9.77. The number of hydrogen-bond donors (Lipinski definition) is 1. The highest BCUT2D eigenvalue weighted by atomic mass is 16.7. The maximum atomic E-state index is 6.71. The summed E-state index contributed by atoms with van der Waals surface area (Å²) in [4.78, 5) is 0. The summed E-state index contributed by atoms with van der Waals surface area (Å²) in [6.07, 6.45) is 0.448. The quantitative estimate of drug-likeness (QED) is 0.0716. The van der Waals surface area contributed by atoms with Gasteiger partial charge in [-0.2, -0.15) is 10.2 Å². The first-order valence-corrected chi connectivity index (χ1v) is 19.3. The van der Waals surface area contributed by atoms with Crippen molar-refractivity contribution in [3.8, 4) is 28.4 Å². The second-order valence-corrected chi connectivity index (χ2v) is 14.4. The summed E-state index contributed by atoms with van der Waals surface area (Å²) in [5.41, 5.74) is 11.1. The molecule has 5 rings (SSSR count). The van der Waals surface area contributed by atoms with Crippen LogP contribution in [0.1, 0.15) is 39.0 Å². The van der Waals surface area contributed by atoms with E-state index in [2.05, 4.69) is 10.2 Å². The van der Waals surface area contributed by atoms with Gasteiger partial charge in [-0.25, -0.2) is 0 Å². The average molecular weight is 792 g/mol. The number of nitrogen functional groups attached to an aromatic ring is 1. The molecule has 1 aliphatic rings. The molecular formula is C42H58BN3O11. The van der Waals surface area contributed by atoms with Crippen molar-refractivity contribution in [3.05, 3.63) is 65.9 Å². The van der Waals surface area contributed by atoms with E-state index in [1.807, 2.05) is 82.3 Å². The standard InChI is InChI=1S/C42H58BN3O11/c1-41(2)42(3,4)57-43(56-41)32-10-13-38(55-25-24-54-23-22-53-21-20-52-19-18-51-17-16-50-15-14-47-5)35(28-32)30-9-12-34-36(26-30)45-46-37(40(34)44)27-31-8-11-33(48-6)29-39(31)49-7/h8-13,26,28-29H,14-25,27H2,1-7H3,(H2,44,45). The van der Waals surface area contributed by atoms with Crippen LogP contribution in [-0.2, 0) is 44.2 Å². The molecular weight excluding hydrogens is 733 g/mol. The van der Waals surface area contributed by atoms with Crippen LogP contribution >= 0.6 is 0 Å². The molecule has 2 heterocycles. The van der Waals surface area contributed by atoms with Crippen molar-refractivity contribution >= 4 is 29.2 Å². The Morgan fingerprint density at radius 2 is 1.21 bits per heavy atom. The lowest BCUT2D eigenvalue weighted by Crippen LogP contribution is -2.41. The van der Waals surface area contributed by atoms with E-state index in [0.29, 0.717) is 120 Å². The van der Waals surface area contributed by atoms with Gasteiger partial charge in [0.15, 0.2) is 0 Å². The van der Waals surface area contributed by atoms with Gasteiger partial charge in [-0.3, -0.25) is 0 Å². The van der Waals surface area contributed by atoms with E-state index in [0.717, 1.165) is 27.5 Å². The molecule has 0 radical (unpaired) electrons. The summed E-state index contributed by atoms with van der Waals surface area (Å²) >= 11 is 0. The summed E-state index contributed by atoms with van der Waals surface area (Å²) in [6, 6.07) is 17.6. The van der Waals surface area contributed by atoms with Crippen molar-refractivity contribution in [1.29, 1.82) is 0 Å². The lowest BCUT2D eigenvalue weighted by Gasteiger charge is -2.32. The first-order valence-electron chi connectivity index (χ1n) is 19.3. The largest absolute Gasteiger partial charge is 0.497 e. The molecule has 0 atom stereocenters. The Balaban J connectivity index is 1.17. The Hall–Kier alpha value is -4.06. The van der Waals surface area contributed by atoms with Crippen LogP contribution in [0.2, 0.25) is 0 Å². The SMILES string of the molecule is COCCOCCOCCOCCOCCOCCOc1ccc(B2OC(C)(C)C(C)(C)O2)cc1-c1ccc2c(N)c(Cc3ccc(OC)cc3OC)nnc2c1. The molecule has 0 aliphatic carbocycles. The average Bonchev–Trinajstić information content (AvgIpc) is 3.43. The normalized spacial score (nSPS) is 14.7. The molecule has 3 aromatic carbocycles. The Morgan fingerprint density at radius 1 is 0.614 bits per heavy atom. The van der Waals surface area contributed by atoms with Gasteiger partial charge in [0.2, 0.25) is 0 Å². The molecule has 0 unspecified atom stereocenters.